The largest absolute Gasteiger partial charge is 0.335 e. The number of imide groups is 1. The first kappa shape index (κ1) is 19.4. The van der Waals surface area contributed by atoms with E-state index in [1.54, 1.807) is 0 Å². The van der Waals surface area contributed by atoms with Crippen molar-refractivity contribution >= 4 is 23.7 Å². The van der Waals surface area contributed by atoms with Crippen LogP contribution in [-0.2, 0) is 11.3 Å². The van der Waals surface area contributed by atoms with E-state index in [0.717, 1.165) is 25.1 Å². The molecule has 1 saturated carbocycles. The van der Waals surface area contributed by atoms with Gasteiger partial charge in [-0.25, -0.2) is 4.79 Å². The van der Waals surface area contributed by atoms with Gasteiger partial charge in [-0.3, -0.25) is 10.1 Å². The highest BCUT2D eigenvalue weighted by molar-refractivity contribution is 7.99. The quantitative estimate of drug-likeness (QED) is 0.680. The van der Waals surface area contributed by atoms with Crippen LogP contribution in [0.25, 0.3) is 0 Å². The van der Waals surface area contributed by atoms with E-state index >= 15 is 0 Å². The number of carbonyl (C=O) groups excluding carboxylic acids is 2. The highest BCUT2D eigenvalue weighted by atomic mass is 32.2. The summed E-state index contributed by atoms with van der Waals surface area (Å²) in [6.07, 6.45) is 3.07. The molecule has 144 valence electrons. The summed E-state index contributed by atoms with van der Waals surface area (Å²) >= 11 is 1.30. The Morgan fingerprint density at radius 3 is 2.67 bits per heavy atom. The maximum absolute atomic E-state index is 12.1. The molecule has 2 N–H and O–H groups in total. The SMILES string of the molecule is CC[C@H](C)NC(=O)NC(=O)CSc1nnc(C2CC2)n1Cc1ccccc1. The predicted molar refractivity (Wildman–Crippen MR) is 105 cm³/mol. The van der Waals surface area contributed by atoms with Crippen molar-refractivity contribution in [1.29, 1.82) is 0 Å². The third-order valence-electron chi connectivity index (χ3n) is 4.45. The molecule has 0 aliphatic heterocycles. The van der Waals surface area contributed by atoms with Crippen molar-refractivity contribution in [1.82, 2.24) is 25.4 Å². The lowest BCUT2D eigenvalue weighted by Gasteiger charge is -2.12. The second kappa shape index (κ2) is 9.03. The topological polar surface area (TPSA) is 88.9 Å². The Kier molecular flexibility index (Phi) is 6.49. The van der Waals surface area contributed by atoms with E-state index < -0.39 is 6.03 Å². The number of hydrogen-bond acceptors (Lipinski definition) is 5. The van der Waals surface area contributed by atoms with Gasteiger partial charge in [0.25, 0.3) is 0 Å². The Hall–Kier alpha value is -2.35. The molecule has 0 bridgehead atoms. The number of urea groups is 1. The molecule has 1 atom stereocenters. The van der Waals surface area contributed by atoms with Crippen LogP contribution in [0.2, 0.25) is 0 Å². The zero-order chi connectivity index (χ0) is 19.2. The van der Waals surface area contributed by atoms with Crippen LogP contribution in [0.4, 0.5) is 4.79 Å². The minimum Gasteiger partial charge on any atom is -0.335 e. The summed E-state index contributed by atoms with van der Waals surface area (Å²) in [4.78, 5) is 23.8. The van der Waals surface area contributed by atoms with Crippen molar-refractivity contribution in [3.8, 4) is 0 Å². The van der Waals surface area contributed by atoms with Gasteiger partial charge in [0.2, 0.25) is 5.91 Å². The minimum absolute atomic E-state index is 0.0283. The third kappa shape index (κ3) is 5.56. The van der Waals surface area contributed by atoms with Gasteiger partial charge >= 0.3 is 6.03 Å². The Bertz CT molecular complexity index is 789. The lowest BCUT2D eigenvalue weighted by molar-refractivity contribution is -0.117. The van der Waals surface area contributed by atoms with E-state index in [1.807, 2.05) is 32.0 Å². The molecule has 1 aliphatic carbocycles. The van der Waals surface area contributed by atoms with Gasteiger partial charge < -0.3 is 9.88 Å². The van der Waals surface area contributed by atoms with Crippen molar-refractivity contribution < 1.29 is 9.59 Å². The number of nitrogens with one attached hydrogen (secondary N) is 2. The molecule has 3 rings (SSSR count). The summed E-state index contributed by atoms with van der Waals surface area (Å²) in [6, 6.07) is 9.70. The van der Waals surface area contributed by atoms with Crippen LogP contribution in [0.1, 0.15) is 50.4 Å². The predicted octanol–water partition coefficient (Wildman–Crippen LogP) is 2.92. The highest BCUT2D eigenvalue weighted by Gasteiger charge is 2.30. The van der Waals surface area contributed by atoms with Crippen LogP contribution in [0.15, 0.2) is 35.5 Å². The number of nitrogens with zero attached hydrogens (tertiary/aromatic N) is 3. The first-order valence-electron chi connectivity index (χ1n) is 9.27. The van der Waals surface area contributed by atoms with Crippen LogP contribution in [0, 0.1) is 0 Å². The van der Waals surface area contributed by atoms with Crippen LogP contribution in [0.5, 0.6) is 0 Å². The van der Waals surface area contributed by atoms with Crippen LogP contribution >= 0.6 is 11.8 Å². The average molecular weight is 388 g/mol. The van der Waals surface area contributed by atoms with Gasteiger partial charge in [-0.2, -0.15) is 0 Å². The van der Waals surface area contributed by atoms with Gasteiger partial charge in [0, 0.05) is 12.0 Å². The number of aromatic nitrogens is 3. The van der Waals surface area contributed by atoms with E-state index in [1.165, 1.54) is 17.3 Å². The Morgan fingerprint density at radius 2 is 2.00 bits per heavy atom. The molecule has 1 aromatic heterocycles. The molecular formula is C19H25N5O2S. The summed E-state index contributed by atoms with van der Waals surface area (Å²) in [5, 5.41) is 14.4. The van der Waals surface area contributed by atoms with Crippen molar-refractivity contribution in [3.63, 3.8) is 0 Å². The van der Waals surface area contributed by atoms with Gasteiger partial charge in [-0.15, -0.1) is 10.2 Å². The van der Waals surface area contributed by atoms with E-state index in [4.69, 9.17) is 0 Å². The summed E-state index contributed by atoms with van der Waals surface area (Å²) in [7, 11) is 0. The fourth-order valence-electron chi connectivity index (χ4n) is 2.62. The number of rotatable bonds is 8. The molecule has 1 heterocycles. The smallest absolute Gasteiger partial charge is 0.321 e. The molecular weight excluding hydrogens is 362 g/mol. The lowest BCUT2D eigenvalue weighted by Crippen LogP contribution is -2.43. The van der Waals surface area contributed by atoms with E-state index in [0.29, 0.717) is 17.6 Å². The molecule has 8 heteroatoms. The molecule has 2 aromatic rings. The molecule has 1 aliphatic rings. The summed E-state index contributed by atoms with van der Waals surface area (Å²) in [6.45, 7) is 4.54. The Balaban J connectivity index is 1.61. The molecule has 1 fully saturated rings. The van der Waals surface area contributed by atoms with Crippen molar-refractivity contribution in [2.45, 2.75) is 56.8 Å². The minimum atomic E-state index is -0.459. The van der Waals surface area contributed by atoms with Gasteiger partial charge in [0.1, 0.15) is 5.82 Å². The van der Waals surface area contributed by atoms with Gasteiger partial charge in [0.15, 0.2) is 5.16 Å². The molecule has 0 unspecified atom stereocenters. The van der Waals surface area contributed by atoms with Crippen LogP contribution < -0.4 is 10.6 Å². The van der Waals surface area contributed by atoms with Crippen LogP contribution in [-0.4, -0.2) is 38.5 Å². The van der Waals surface area contributed by atoms with Gasteiger partial charge in [0.05, 0.1) is 12.3 Å². The maximum Gasteiger partial charge on any atom is 0.321 e. The summed E-state index contributed by atoms with van der Waals surface area (Å²) in [5.74, 6) is 1.22. The fourth-order valence-corrected chi connectivity index (χ4v) is 3.36. The molecule has 0 saturated heterocycles. The number of carbonyl (C=O) groups is 2. The monoisotopic (exact) mass is 387 g/mol. The Morgan fingerprint density at radius 1 is 1.26 bits per heavy atom. The molecule has 0 spiro atoms. The highest BCUT2D eigenvalue weighted by Crippen LogP contribution is 2.40. The number of thioether (sulfide) groups is 1. The van der Waals surface area contributed by atoms with E-state index in [9.17, 15) is 9.59 Å². The molecule has 3 amide bonds. The Labute approximate surface area is 163 Å². The summed E-state index contributed by atoms with van der Waals surface area (Å²) < 4.78 is 2.09. The first-order valence-corrected chi connectivity index (χ1v) is 10.3. The van der Waals surface area contributed by atoms with Gasteiger partial charge in [-0.05, 0) is 31.7 Å². The van der Waals surface area contributed by atoms with E-state index in [-0.39, 0.29) is 17.7 Å². The lowest BCUT2D eigenvalue weighted by atomic mass is 10.2. The van der Waals surface area contributed by atoms with Crippen molar-refractivity contribution in [2.75, 3.05) is 5.75 Å². The fraction of sp³-hybridized carbons (Fsp3) is 0.474. The number of amides is 3. The summed E-state index contributed by atoms with van der Waals surface area (Å²) in [5.41, 5.74) is 1.17. The van der Waals surface area contributed by atoms with Crippen molar-refractivity contribution in [3.05, 3.63) is 41.7 Å². The zero-order valence-electron chi connectivity index (χ0n) is 15.6. The molecule has 0 radical (unpaired) electrons. The average Bonchev–Trinajstić information content (AvgIpc) is 3.42. The second-order valence-corrected chi connectivity index (χ2v) is 7.75. The zero-order valence-corrected chi connectivity index (χ0v) is 16.5. The van der Waals surface area contributed by atoms with E-state index in [2.05, 4.69) is 37.5 Å². The maximum atomic E-state index is 12.1. The van der Waals surface area contributed by atoms with Gasteiger partial charge in [-0.1, -0.05) is 49.0 Å². The molecule has 7 nitrogen and oxygen atoms in total. The molecule has 27 heavy (non-hydrogen) atoms. The standard InChI is InChI=1S/C19H25N5O2S/c1-3-13(2)20-18(26)21-16(25)12-27-19-23-22-17(15-9-10-15)24(19)11-14-7-5-4-6-8-14/h4-8,13,15H,3,9-12H2,1-2H3,(H2,20,21,25,26)/t13-/m0/s1. The number of hydrogen-bond donors (Lipinski definition) is 2. The number of benzene rings is 1. The first-order chi connectivity index (χ1) is 13.1. The molecule has 1 aromatic carbocycles. The third-order valence-corrected chi connectivity index (χ3v) is 5.41. The second-order valence-electron chi connectivity index (χ2n) is 6.81. The van der Waals surface area contributed by atoms with Crippen molar-refractivity contribution in [2.24, 2.45) is 0 Å². The van der Waals surface area contributed by atoms with Crippen LogP contribution in [0.3, 0.4) is 0 Å². The normalized spacial score (nSPS) is 14.6.